The van der Waals surface area contributed by atoms with Crippen molar-refractivity contribution in [3.05, 3.63) is 0 Å². The Bertz CT molecular complexity index is 305. The van der Waals surface area contributed by atoms with E-state index in [2.05, 4.69) is 71.6 Å². The standard InChI is InChI=1S/C12H34O3SSi4.4CH4/c1-17(2,3)13-19(7,8)15-20(9,12-10-11-16)14-18(4,5)6;;;;/h16H,10-12H2,1-9H3;4*1H4. The van der Waals surface area contributed by atoms with E-state index in [1.54, 1.807) is 0 Å². The van der Waals surface area contributed by atoms with Gasteiger partial charge >= 0.3 is 17.1 Å². The minimum atomic E-state index is -2.17. The second kappa shape index (κ2) is 13.3. The minimum Gasteiger partial charge on any atom is -0.437 e. The average Bonchev–Trinajstić information content (AvgIpc) is 2.05. The molecule has 0 rings (SSSR count). The third-order valence-electron chi connectivity index (χ3n) is 2.32. The molecule has 8 heteroatoms. The van der Waals surface area contributed by atoms with Gasteiger partial charge in [0, 0.05) is 0 Å². The summed E-state index contributed by atoms with van der Waals surface area (Å²) < 4.78 is 19.3. The molecule has 0 heterocycles. The maximum atomic E-state index is 6.55. The highest BCUT2D eigenvalue weighted by Crippen LogP contribution is 2.27. The van der Waals surface area contributed by atoms with E-state index in [4.69, 9.17) is 12.3 Å². The fraction of sp³-hybridized carbons (Fsp3) is 1.00. The van der Waals surface area contributed by atoms with Gasteiger partial charge < -0.3 is 12.3 Å². The van der Waals surface area contributed by atoms with Gasteiger partial charge in [-0.05, 0) is 77.1 Å². The van der Waals surface area contributed by atoms with Crippen molar-refractivity contribution in [1.82, 2.24) is 0 Å². The lowest BCUT2D eigenvalue weighted by Crippen LogP contribution is -2.56. The zero-order valence-electron chi connectivity index (χ0n) is 14.8. The topological polar surface area (TPSA) is 27.7 Å². The summed E-state index contributed by atoms with van der Waals surface area (Å²) in [6.45, 7) is 19.9. The lowest BCUT2D eigenvalue weighted by Gasteiger charge is -2.41. The Balaban J connectivity index is -0.000000301. The summed E-state index contributed by atoms with van der Waals surface area (Å²) >= 11 is 4.33. The van der Waals surface area contributed by atoms with E-state index >= 15 is 0 Å². The maximum absolute atomic E-state index is 6.55. The second-order valence-electron chi connectivity index (χ2n) is 7.89. The van der Waals surface area contributed by atoms with Crippen molar-refractivity contribution < 1.29 is 12.3 Å². The van der Waals surface area contributed by atoms with Crippen LogP contribution in [0.4, 0.5) is 0 Å². The van der Waals surface area contributed by atoms with Crippen molar-refractivity contribution in [2.24, 2.45) is 0 Å². The Morgan fingerprint density at radius 3 is 1.29 bits per heavy atom. The molecular formula is C16H50O3SSi4. The quantitative estimate of drug-likeness (QED) is 0.303. The zero-order chi connectivity index (χ0) is 16.2. The van der Waals surface area contributed by atoms with Crippen molar-refractivity contribution in [3.8, 4) is 0 Å². The van der Waals surface area contributed by atoms with E-state index in [0.717, 1.165) is 18.2 Å². The van der Waals surface area contributed by atoms with Crippen molar-refractivity contribution in [1.29, 1.82) is 0 Å². The van der Waals surface area contributed by atoms with Gasteiger partial charge in [-0.15, -0.1) is 0 Å². The van der Waals surface area contributed by atoms with Gasteiger partial charge in [0.1, 0.15) is 0 Å². The van der Waals surface area contributed by atoms with Crippen LogP contribution in [0, 0.1) is 0 Å². The van der Waals surface area contributed by atoms with E-state index in [9.17, 15) is 0 Å². The lowest BCUT2D eigenvalue weighted by molar-refractivity contribution is 0.323. The Kier molecular flexibility index (Phi) is 20.0. The summed E-state index contributed by atoms with van der Waals surface area (Å²) in [5.74, 6) is 0.887. The van der Waals surface area contributed by atoms with E-state index in [-0.39, 0.29) is 29.7 Å². The normalized spacial score (nSPS) is 14.2. The van der Waals surface area contributed by atoms with Crippen LogP contribution in [-0.2, 0) is 12.3 Å². The van der Waals surface area contributed by atoms with Gasteiger partial charge in [0.25, 0.3) is 0 Å². The van der Waals surface area contributed by atoms with Gasteiger partial charge in [-0.3, -0.25) is 0 Å². The molecular weight excluding hydrogens is 385 g/mol. The van der Waals surface area contributed by atoms with Gasteiger partial charge in [0.05, 0.1) is 0 Å². The minimum absolute atomic E-state index is 0. The second-order valence-corrected chi connectivity index (χ2v) is 24.8. The van der Waals surface area contributed by atoms with Crippen LogP contribution in [0.1, 0.15) is 36.1 Å². The van der Waals surface area contributed by atoms with Gasteiger partial charge in [-0.1, -0.05) is 29.7 Å². The molecule has 0 aromatic heterocycles. The molecule has 0 aliphatic carbocycles. The van der Waals surface area contributed by atoms with Crippen LogP contribution < -0.4 is 0 Å². The maximum Gasteiger partial charge on any atom is 0.315 e. The number of hydrogen-bond acceptors (Lipinski definition) is 4. The molecule has 0 saturated heterocycles. The van der Waals surface area contributed by atoms with E-state index in [1.165, 1.54) is 0 Å². The molecule has 3 nitrogen and oxygen atoms in total. The van der Waals surface area contributed by atoms with Crippen LogP contribution in [0.3, 0.4) is 0 Å². The van der Waals surface area contributed by atoms with Gasteiger partial charge in [0.15, 0.2) is 16.6 Å². The first-order valence-corrected chi connectivity index (χ1v) is 20.2. The summed E-state index contributed by atoms with van der Waals surface area (Å²) in [4.78, 5) is 0. The number of hydrogen-bond donors (Lipinski definition) is 1. The molecule has 0 amide bonds. The highest BCUT2D eigenvalue weighted by Gasteiger charge is 2.43. The smallest absolute Gasteiger partial charge is 0.315 e. The molecule has 0 aromatic carbocycles. The Labute approximate surface area is 165 Å². The monoisotopic (exact) mass is 434 g/mol. The van der Waals surface area contributed by atoms with Gasteiger partial charge in [0.2, 0.25) is 0 Å². The average molecular weight is 435 g/mol. The fourth-order valence-corrected chi connectivity index (χ4v) is 20.9. The van der Waals surface area contributed by atoms with Gasteiger partial charge in [-0.2, -0.15) is 12.6 Å². The predicted octanol–water partition coefficient (Wildman–Crippen LogP) is 7.34. The van der Waals surface area contributed by atoms with E-state index in [1.807, 2.05) is 0 Å². The lowest BCUT2D eigenvalue weighted by atomic mass is 10.6. The zero-order valence-corrected chi connectivity index (χ0v) is 19.7. The first-order chi connectivity index (χ1) is 8.68. The molecule has 24 heavy (non-hydrogen) atoms. The summed E-state index contributed by atoms with van der Waals surface area (Å²) in [7, 11) is -7.49. The molecule has 0 saturated carbocycles. The molecule has 1 atom stereocenters. The molecule has 0 spiro atoms. The molecule has 1 unspecified atom stereocenters. The van der Waals surface area contributed by atoms with Crippen molar-refractivity contribution in [3.63, 3.8) is 0 Å². The van der Waals surface area contributed by atoms with Crippen LogP contribution >= 0.6 is 12.6 Å². The molecule has 0 N–H and O–H groups in total. The number of thiol groups is 1. The number of rotatable bonds is 9. The Morgan fingerprint density at radius 1 is 0.625 bits per heavy atom. The van der Waals surface area contributed by atoms with Gasteiger partial charge in [-0.25, -0.2) is 0 Å². The molecule has 0 fully saturated rings. The summed E-state index contributed by atoms with van der Waals surface area (Å²) in [6, 6.07) is 1.01. The first-order valence-electron chi connectivity index (χ1n) is 7.39. The van der Waals surface area contributed by atoms with Crippen molar-refractivity contribution in [2.75, 3.05) is 5.75 Å². The van der Waals surface area contributed by atoms with E-state index in [0.29, 0.717) is 0 Å². The SMILES string of the molecule is C.C.C.C.C[Si](C)(C)O[Si](C)(C)O[Si](C)(CCCS)O[Si](C)(C)C. The Morgan fingerprint density at radius 2 is 1.00 bits per heavy atom. The predicted molar refractivity (Wildman–Crippen MR) is 129 cm³/mol. The van der Waals surface area contributed by atoms with E-state index < -0.39 is 33.8 Å². The Hall–Kier alpha value is 1.10. The highest BCUT2D eigenvalue weighted by molar-refractivity contribution is 7.80. The third-order valence-corrected chi connectivity index (χ3v) is 16.2. The fourth-order valence-electron chi connectivity index (χ4n) is 2.45. The van der Waals surface area contributed by atoms with Crippen LogP contribution in [0.2, 0.25) is 65.0 Å². The molecule has 0 aromatic rings. The molecule has 0 aliphatic heterocycles. The third kappa shape index (κ3) is 19.4. The first kappa shape index (κ1) is 36.1. The van der Waals surface area contributed by atoms with Crippen molar-refractivity contribution >= 4 is 46.4 Å². The van der Waals surface area contributed by atoms with Crippen LogP contribution in [0.15, 0.2) is 0 Å². The summed E-state index contributed by atoms with van der Waals surface area (Å²) in [6.07, 6.45) is 1.05. The van der Waals surface area contributed by atoms with Crippen LogP contribution in [0.25, 0.3) is 0 Å². The largest absolute Gasteiger partial charge is 0.437 e. The highest BCUT2D eigenvalue weighted by atomic mass is 32.1. The molecule has 0 aliphatic rings. The summed E-state index contributed by atoms with van der Waals surface area (Å²) in [5.41, 5.74) is 0. The molecule has 154 valence electrons. The molecule has 0 bridgehead atoms. The molecule has 0 radical (unpaired) electrons. The van der Waals surface area contributed by atoms with Crippen LogP contribution in [-0.4, -0.2) is 39.5 Å². The van der Waals surface area contributed by atoms with Crippen LogP contribution in [0.5, 0.6) is 0 Å². The van der Waals surface area contributed by atoms with Crippen molar-refractivity contribution in [2.45, 2.75) is 101 Å². The summed E-state index contributed by atoms with van der Waals surface area (Å²) in [5, 5.41) is 0.